The van der Waals surface area contributed by atoms with Crippen LogP contribution in [0.25, 0.3) is 0 Å². The van der Waals surface area contributed by atoms with Gasteiger partial charge in [0.15, 0.2) is 5.82 Å². The van der Waals surface area contributed by atoms with Crippen molar-refractivity contribution in [2.45, 2.75) is 0 Å². The molecule has 0 bridgehead atoms. The van der Waals surface area contributed by atoms with Gasteiger partial charge in [-0.3, -0.25) is 9.78 Å². The average molecular weight is 460 g/mol. The van der Waals surface area contributed by atoms with Gasteiger partial charge in [0.05, 0.1) is 17.4 Å². The first-order valence-corrected chi connectivity index (χ1v) is 9.07. The fourth-order valence-corrected chi connectivity index (χ4v) is 2.82. The molecular formula is C18H17IN6O. The minimum Gasteiger partial charge on any atom is -0.367 e. The van der Waals surface area contributed by atoms with Crippen molar-refractivity contribution in [2.24, 2.45) is 0 Å². The Labute approximate surface area is 164 Å². The number of nitrogens with zero attached hydrogens (tertiary/aromatic N) is 3. The van der Waals surface area contributed by atoms with E-state index in [0.29, 0.717) is 30.3 Å². The molecule has 0 saturated carbocycles. The lowest BCUT2D eigenvalue weighted by atomic mass is 10.2. The molecule has 0 radical (unpaired) electrons. The molecule has 0 unspecified atom stereocenters. The van der Waals surface area contributed by atoms with Gasteiger partial charge in [-0.05, 0) is 59.0 Å². The van der Waals surface area contributed by atoms with Crippen LogP contribution in [0.1, 0.15) is 10.4 Å². The zero-order valence-corrected chi connectivity index (χ0v) is 16.0. The Balaban J connectivity index is 1.44. The van der Waals surface area contributed by atoms with Gasteiger partial charge in [-0.1, -0.05) is 12.1 Å². The predicted molar refractivity (Wildman–Crippen MR) is 110 cm³/mol. The van der Waals surface area contributed by atoms with Crippen molar-refractivity contribution < 1.29 is 4.79 Å². The minimum absolute atomic E-state index is 0.0843. The highest BCUT2D eigenvalue weighted by Gasteiger charge is 2.07. The third-order valence-electron chi connectivity index (χ3n) is 3.43. The van der Waals surface area contributed by atoms with Gasteiger partial charge in [0.25, 0.3) is 5.91 Å². The molecule has 0 aliphatic rings. The van der Waals surface area contributed by atoms with Crippen LogP contribution in [0.15, 0.2) is 60.9 Å². The molecule has 132 valence electrons. The van der Waals surface area contributed by atoms with Crippen LogP contribution >= 0.6 is 22.6 Å². The average Bonchev–Trinajstić information content (AvgIpc) is 2.67. The van der Waals surface area contributed by atoms with Crippen LogP contribution in [-0.4, -0.2) is 34.2 Å². The standard InChI is InChI=1S/C18H17IN6O/c19-15-6-2-1-5-14(15)18(26)22-11-10-21-16-7-8-17(25-24-16)23-13-4-3-9-20-12-13/h1-9,12H,10-11H2,(H,21,24)(H,22,26)(H,23,25). The highest BCUT2D eigenvalue weighted by atomic mass is 127. The third-order valence-corrected chi connectivity index (χ3v) is 4.37. The van der Waals surface area contributed by atoms with Crippen LogP contribution in [0.4, 0.5) is 17.3 Å². The number of carbonyl (C=O) groups is 1. The minimum atomic E-state index is -0.0843. The third kappa shape index (κ3) is 5.12. The molecule has 2 aromatic heterocycles. The van der Waals surface area contributed by atoms with Crippen LogP contribution < -0.4 is 16.0 Å². The van der Waals surface area contributed by atoms with Gasteiger partial charge in [0, 0.05) is 22.9 Å². The summed E-state index contributed by atoms with van der Waals surface area (Å²) in [7, 11) is 0. The number of hydrogen-bond acceptors (Lipinski definition) is 6. The molecule has 3 N–H and O–H groups in total. The second-order valence-electron chi connectivity index (χ2n) is 5.33. The van der Waals surface area contributed by atoms with E-state index in [4.69, 9.17) is 0 Å². The number of hydrogen-bond donors (Lipinski definition) is 3. The maximum atomic E-state index is 12.1. The molecule has 0 fully saturated rings. The summed E-state index contributed by atoms with van der Waals surface area (Å²) in [6.45, 7) is 1.04. The molecule has 3 aromatic rings. The number of aromatic nitrogens is 3. The number of nitrogens with one attached hydrogen (secondary N) is 3. The van der Waals surface area contributed by atoms with Gasteiger partial charge < -0.3 is 16.0 Å². The van der Waals surface area contributed by atoms with Crippen molar-refractivity contribution in [1.82, 2.24) is 20.5 Å². The molecule has 2 heterocycles. The van der Waals surface area contributed by atoms with Gasteiger partial charge in [0.2, 0.25) is 0 Å². The van der Waals surface area contributed by atoms with E-state index >= 15 is 0 Å². The van der Waals surface area contributed by atoms with Crippen molar-refractivity contribution in [1.29, 1.82) is 0 Å². The quantitative estimate of drug-likeness (QED) is 0.371. The molecule has 1 aromatic carbocycles. The van der Waals surface area contributed by atoms with Gasteiger partial charge >= 0.3 is 0 Å². The molecule has 0 atom stereocenters. The summed E-state index contributed by atoms with van der Waals surface area (Å²) in [5.41, 5.74) is 1.53. The van der Waals surface area contributed by atoms with Crippen LogP contribution in [-0.2, 0) is 0 Å². The molecular weight excluding hydrogens is 443 g/mol. The van der Waals surface area contributed by atoms with Crippen molar-refractivity contribution in [3.8, 4) is 0 Å². The largest absolute Gasteiger partial charge is 0.367 e. The van der Waals surface area contributed by atoms with Gasteiger partial charge in [-0.2, -0.15) is 0 Å². The monoisotopic (exact) mass is 460 g/mol. The first kappa shape index (κ1) is 18.1. The highest BCUT2D eigenvalue weighted by molar-refractivity contribution is 14.1. The zero-order valence-electron chi connectivity index (χ0n) is 13.8. The van der Waals surface area contributed by atoms with Gasteiger partial charge in [-0.15, -0.1) is 10.2 Å². The van der Waals surface area contributed by atoms with E-state index < -0.39 is 0 Å². The number of rotatable bonds is 7. The number of amides is 1. The Morgan fingerprint density at radius 1 is 0.962 bits per heavy atom. The van der Waals surface area contributed by atoms with Crippen molar-refractivity contribution >= 4 is 45.8 Å². The van der Waals surface area contributed by atoms with Crippen molar-refractivity contribution in [2.75, 3.05) is 23.7 Å². The number of carbonyl (C=O) groups excluding carboxylic acids is 1. The van der Waals surface area contributed by atoms with Crippen molar-refractivity contribution in [3.05, 3.63) is 70.1 Å². The summed E-state index contributed by atoms with van der Waals surface area (Å²) in [5.74, 6) is 1.19. The fourth-order valence-electron chi connectivity index (χ4n) is 2.18. The molecule has 3 rings (SSSR count). The molecule has 0 aliphatic carbocycles. The van der Waals surface area contributed by atoms with E-state index in [1.54, 1.807) is 12.4 Å². The zero-order chi connectivity index (χ0) is 18.2. The lowest BCUT2D eigenvalue weighted by Crippen LogP contribution is -2.29. The molecule has 26 heavy (non-hydrogen) atoms. The van der Waals surface area contributed by atoms with Gasteiger partial charge in [-0.25, -0.2) is 0 Å². The van der Waals surface area contributed by atoms with E-state index in [1.807, 2.05) is 48.5 Å². The number of pyridine rings is 1. The molecule has 8 heteroatoms. The second-order valence-corrected chi connectivity index (χ2v) is 6.50. The number of halogens is 1. The molecule has 0 spiro atoms. The number of benzene rings is 1. The topological polar surface area (TPSA) is 91.8 Å². The normalized spacial score (nSPS) is 10.2. The first-order chi connectivity index (χ1) is 12.7. The van der Waals surface area contributed by atoms with E-state index in [9.17, 15) is 4.79 Å². The lowest BCUT2D eigenvalue weighted by molar-refractivity contribution is 0.0954. The lowest BCUT2D eigenvalue weighted by Gasteiger charge is -2.09. The van der Waals surface area contributed by atoms with Crippen LogP contribution in [0, 0.1) is 3.57 Å². The van der Waals surface area contributed by atoms with Crippen LogP contribution in [0.2, 0.25) is 0 Å². The summed E-state index contributed by atoms with van der Waals surface area (Å²) in [6, 6.07) is 14.9. The van der Waals surface area contributed by atoms with Crippen LogP contribution in [0.5, 0.6) is 0 Å². The van der Waals surface area contributed by atoms with E-state index in [2.05, 4.69) is 53.7 Å². The van der Waals surface area contributed by atoms with Crippen LogP contribution in [0.3, 0.4) is 0 Å². The Morgan fingerprint density at radius 2 is 1.77 bits per heavy atom. The smallest absolute Gasteiger partial charge is 0.252 e. The van der Waals surface area contributed by atoms with E-state index in [-0.39, 0.29) is 5.91 Å². The molecule has 0 saturated heterocycles. The summed E-state index contributed by atoms with van der Waals surface area (Å²) in [6.07, 6.45) is 3.42. The Hall–Kier alpha value is -2.75. The Morgan fingerprint density at radius 3 is 2.50 bits per heavy atom. The summed E-state index contributed by atoms with van der Waals surface area (Å²) in [5, 5.41) is 17.3. The predicted octanol–water partition coefficient (Wildman–Crippen LogP) is 3.06. The number of anilines is 3. The molecule has 7 nitrogen and oxygen atoms in total. The van der Waals surface area contributed by atoms with Gasteiger partial charge in [0.1, 0.15) is 5.82 Å². The molecule has 1 amide bonds. The first-order valence-electron chi connectivity index (χ1n) is 8.00. The second kappa shape index (κ2) is 9.09. The maximum Gasteiger partial charge on any atom is 0.252 e. The Kier molecular flexibility index (Phi) is 6.31. The van der Waals surface area contributed by atoms with E-state index in [1.165, 1.54) is 0 Å². The Bertz CT molecular complexity index is 857. The molecule has 0 aliphatic heterocycles. The highest BCUT2D eigenvalue weighted by Crippen LogP contribution is 2.13. The maximum absolute atomic E-state index is 12.1. The van der Waals surface area contributed by atoms with Crippen molar-refractivity contribution in [3.63, 3.8) is 0 Å². The fraction of sp³-hybridized carbons (Fsp3) is 0.111. The summed E-state index contributed by atoms with van der Waals surface area (Å²) >= 11 is 2.15. The summed E-state index contributed by atoms with van der Waals surface area (Å²) in [4.78, 5) is 16.1. The summed E-state index contributed by atoms with van der Waals surface area (Å²) < 4.78 is 0.929. The van der Waals surface area contributed by atoms with E-state index in [0.717, 1.165) is 9.26 Å². The SMILES string of the molecule is O=C(NCCNc1ccc(Nc2cccnc2)nn1)c1ccccc1I.